The molecular weight excluding hydrogens is 118 g/mol. The lowest BCUT2D eigenvalue weighted by atomic mass is 10.4. The molecule has 0 amide bonds. The van der Waals surface area contributed by atoms with Crippen molar-refractivity contribution in [2.45, 2.75) is 6.17 Å². The fourth-order valence-corrected chi connectivity index (χ4v) is 0.582. The number of nitrogens with two attached hydrogens (primary N) is 3. The second-order valence-electron chi connectivity index (χ2n) is 1.73. The number of anilines is 1. The molecule has 1 heterocycles. The lowest BCUT2D eigenvalue weighted by molar-refractivity contribution is 0.751. The zero-order valence-electron chi connectivity index (χ0n) is 4.83. The molecule has 0 unspecified atom stereocenters. The molecule has 5 heteroatoms. The van der Waals surface area contributed by atoms with E-state index in [1.54, 1.807) is 0 Å². The highest BCUT2D eigenvalue weighted by Crippen LogP contribution is 2.07. The van der Waals surface area contributed by atoms with Crippen molar-refractivity contribution < 1.29 is 0 Å². The van der Waals surface area contributed by atoms with Crippen LogP contribution >= 0.6 is 0 Å². The summed E-state index contributed by atoms with van der Waals surface area (Å²) in [5.74, 6) is 0.366. The summed E-state index contributed by atoms with van der Waals surface area (Å²) in [4.78, 5) is 6.42. The normalized spacial score (nSPS) is 10.6. The summed E-state index contributed by atoms with van der Waals surface area (Å²) >= 11 is 0. The van der Waals surface area contributed by atoms with Crippen LogP contribution in [-0.2, 0) is 0 Å². The minimum Gasteiger partial charge on any atom is -0.382 e. The van der Waals surface area contributed by atoms with E-state index in [0.717, 1.165) is 0 Å². The number of hydrogen-bond acceptors (Lipinski definition) is 4. The SMILES string of the molecule is Nc1nc[nH]c1C(N)N. The van der Waals surface area contributed by atoms with Gasteiger partial charge in [0.05, 0.1) is 18.2 Å². The minimum atomic E-state index is -0.563. The standard InChI is InChI=1S/C4H9N5/c5-3(6)2-4(7)9-1-8-2/h1,3H,5-7H2,(H,8,9). The van der Waals surface area contributed by atoms with Gasteiger partial charge in [-0.2, -0.15) is 0 Å². The molecule has 50 valence electrons. The van der Waals surface area contributed by atoms with E-state index in [1.165, 1.54) is 6.33 Å². The Hall–Kier alpha value is -1.07. The summed E-state index contributed by atoms with van der Waals surface area (Å²) in [6, 6.07) is 0. The molecule has 0 saturated heterocycles. The summed E-state index contributed by atoms with van der Waals surface area (Å²) in [7, 11) is 0. The molecule has 9 heavy (non-hydrogen) atoms. The van der Waals surface area contributed by atoms with Gasteiger partial charge in [0.25, 0.3) is 0 Å². The molecule has 0 spiro atoms. The van der Waals surface area contributed by atoms with Gasteiger partial charge in [0.1, 0.15) is 5.82 Å². The zero-order chi connectivity index (χ0) is 6.85. The number of nitrogen functional groups attached to an aromatic ring is 1. The third kappa shape index (κ3) is 1.01. The van der Waals surface area contributed by atoms with Crippen LogP contribution in [0.4, 0.5) is 5.82 Å². The molecular formula is C4H9N5. The van der Waals surface area contributed by atoms with Crippen LogP contribution in [0.5, 0.6) is 0 Å². The fourth-order valence-electron chi connectivity index (χ4n) is 0.582. The smallest absolute Gasteiger partial charge is 0.147 e. The largest absolute Gasteiger partial charge is 0.382 e. The molecule has 0 atom stereocenters. The molecule has 1 aromatic heterocycles. The van der Waals surface area contributed by atoms with E-state index in [-0.39, 0.29) is 0 Å². The number of rotatable bonds is 1. The predicted molar refractivity (Wildman–Crippen MR) is 34.1 cm³/mol. The first-order valence-electron chi connectivity index (χ1n) is 2.51. The maximum atomic E-state index is 5.34. The van der Waals surface area contributed by atoms with Gasteiger partial charge in [-0.05, 0) is 0 Å². The lowest BCUT2D eigenvalue weighted by Gasteiger charge is -2.00. The van der Waals surface area contributed by atoms with Crippen LogP contribution in [0.25, 0.3) is 0 Å². The Morgan fingerprint density at radius 1 is 1.56 bits per heavy atom. The van der Waals surface area contributed by atoms with Crippen LogP contribution < -0.4 is 17.2 Å². The summed E-state index contributed by atoms with van der Waals surface area (Å²) in [5.41, 5.74) is 16.5. The van der Waals surface area contributed by atoms with Crippen LogP contribution in [0.15, 0.2) is 6.33 Å². The van der Waals surface area contributed by atoms with Crippen molar-refractivity contribution >= 4 is 5.82 Å². The Balaban J connectivity index is 2.94. The molecule has 0 radical (unpaired) electrons. The molecule has 0 aliphatic carbocycles. The quantitative estimate of drug-likeness (QED) is 0.359. The zero-order valence-corrected chi connectivity index (χ0v) is 4.83. The summed E-state index contributed by atoms with van der Waals surface area (Å²) < 4.78 is 0. The number of nitrogens with one attached hydrogen (secondary N) is 1. The molecule has 1 rings (SSSR count). The van der Waals surface area contributed by atoms with E-state index < -0.39 is 6.17 Å². The average molecular weight is 127 g/mol. The molecule has 0 saturated carbocycles. The number of H-pyrrole nitrogens is 1. The Morgan fingerprint density at radius 3 is 2.44 bits per heavy atom. The Morgan fingerprint density at radius 2 is 2.22 bits per heavy atom. The maximum Gasteiger partial charge on any atom is 0.147 e. The van der Waals surface area contributed by atoms with Crippen molar-refractivity contribution in [1.29, 1.82) is 0 Å². The van der Waals surface area contributed by atoms with Crippen molar-refractivity contribution in [3.8, 4) is 0 Å². The first-order chi connectivity index (χ1) is 4.22. The van der Waals surface area contributed by atoms with Crippen LogP contribution in [0.1, 0.15) is 11.9 Å². The number of aromatic amines is 1. The number of nitrogens with zero attached hydrogens (tertiary/aromatic N) is 1. The van der Waals surface area contributed by atoms with Crippen molar-refractivity contribution in [1.82, 2.24) is 9.97 Å². The predicted octanol–water partition coefficient (Wildman–Crippen LogP) is -1.09. The van der Waals surface area contributed by atoms with E-state index in [4.69, 9.17) is 17.2 Å². The van der Waals surface area contributed by atoms with Crippen LogP contribution in [0, 0.1) is 0 Å². The van der Waals surface area contributed by atoms with Gasteiger partial charge < -0.3 is 22.2 Å². The first kappa shape index (κ1) is 6.06. The highest BCUT2D eigenvalue weighted by atomic mass is 15.0. The van der Waals surface area contributed by atoms with Crippen molar-refractivity contribution in [2.24, 2.45) is 11.5 Å². The Bertz CT molecular complexity index is 191. The van der Waals surface area contributed by atoms with Gasteiger partial charge in [0.15, 0.2) is 0 Å². The molecule has 1 aromatic rings. The Labute approximate surface area is 52.2 Å². The third-order valence-electron chi connectivity index (χ3n) is 1.03. The number of imidazole rings is 1. The first-order valence-corrected chi connectivity index (χ1v) is 2.51. The molecule has 0 fully saturated rings. The van der Waals surface area contributed by atoms with Gasteiger partial charge >= 0.3 is 0 Å². The second kappa shape index (κ2) is 2.04. The lowest BCUT2D eigenvalue weighted by Crippen LogP contribution is -2.21. The number of hydrogen-bond donors (Lipinski definition) is 4. The molecule has 0 bridgehead atoms. The second-order valence-corrected chi connectivity index (χ2v) is 1.73. The molecule has 0 aliphatic rings. The third-order valence-corrected chi connectivity index (χ3v) is 1.03. The summed E-state index contributed by atoms with van der Waals surface area (Å²) in [6.45, 7) is 0. The van der Waals surface area contributed by atoms with Gasteiger partial charge in [-0.15, -0.1) is 0 Å². The molecule has 0 aromatic carbocycles. The van der Waals surface area contributed by atoms with Gasteiger partial charge in [0.2, 0.25) is 0 Å². The van der Waals surface area contributed by atoms with E-state index in [0.29, 0.717) is 11.5 Å². The maximum absolute atomic E-state index is 5.34. The highest BCUT2D eigenvalue weighted by molar-refractivity contribution is 5.35. The van der Waals surface area contributed by atoms with Crippen molar-refractivity contribution in [3.05, 3.63) is 12.0 Å². The summed E-state index contributed by atoms with van der Waals surface area (Å²) in [6.07, 6.45) is 0.893. The van der Waals surface area contributed by atoms with Crippen molar-refractivity contribution in [3.63, 3.8) is 0 Å². The monoisotopic (exact) mass is 127 g/mol. The number of aromatic nitrogens is 2. The van der Waals surface area contributed by atoms with Gasteiger partial charge in [0, 0.05) is 0 Å². The average Bonchev–Trinajstić information content (AvgIpc) is 2.13. The fraction of sp³-hybridized carbons (Fsp3) is 0.250. The van der Waals surface area contributed by atoms with Gasteiger partial charge in [-0.25, -0.2) is 4.98 Å². The summed E-state index contributed by atoms with van der Waals surface area (Å²) in [5, 5.41) is 0. The molecule has 7 N–H and O–H groups in total. The molecule has 5 nitrogen and oxygen atoms in total. The Kier molecular flexibility index (Phi) is 1.37. The van der Waals surface area contributed by atoms with Gasteiger partial charge in [-0.3, -0.25) is 0 Å². The van der Waals surface area contributed by atoms with Crippen LogP contribution in [0.2, 0.25) is 0 Å². The highest BCUT2D eigenvalue weighted by Gasteiger charge is 2.04. The topological polar surface area (TPSA) is 107 Å². The van der Waals surface area contributed by atoms with E-state index >= 15 is 0 Å². The van der Waals surface area contributed by atoms with E-state index in [9.17, 15) is 0 Å². The van der Waals surface area contributed by atoms with E-state index in [1.807, 2.05) is 0 Å². The van der Waals surface area contributed by atoms with Gasteiger partial charge in [-0.1, -0.05) is 0 Å². The minimum absolute atomic E-state index is 0.366. The van der Waals surface area contributed by atoms with Crippen molar-refractivity contribution in [2.75, 3.05) is 5.73 Å². The van der Waals surface area contributed by atoms with Crippen LogP contribution in [0.3, 0.4) is 0 Å². The molecule has 0 aliphatic heterocycles. The van der Waals surface area contributed by atoms with E-state index in [2.05, 4.69) is 9.97 Å². The van der Waals surface area contributed by atoms with Crippen LogP contribution in [-0.4, -0.2) is 9.97 Å².